The predicted molar refractivity (Wildman–Crippen MR) is 92.3 cm³/mol. The van der Waals surface area contributed by atoms with Crippen LogP contribution in [0.5, 0.6) is 0 Å². The Labute approximate surface area is 168 Å². The van der Waals surface area contributed by atoms with Crippen LogP contribution in [0.25, 0.3) is 0 Å². The molecule has 5 N–H and O–H groups in total. The summed E-state index contributed by atoms with van der Waals surface area (Å²) in [4.78, 5) is 60.3. The summed E-state index contributed by atoms with van der Waals surface area (Å²) >= 11 is 2.88. The Balaban J connectivity index is 2.03. The molecule has 1 aliphatic heterocycles. The molecular weight excluding hydrogens is 536 g/mol. The molecule has 5 atom stereocenters. The number of hydrogen-bond donors (Lipinski definition) is 5. The third-order valence-corrected chi connectivity index (χ3v) is 7.58. The van der Waals surface area contributed by atoms with Gasteiger partial charge in [0.1, 0.15) is 18.5 Å². The van der Waals surface area contributed by atoms with Crippen LogP contribution in [0.3, 0.4) is 0 Å². The Morgan fingerprint density at radius 3 is 2.41 bits per heavy atom. The number of rotatable bonds is 8. The molecule has 0 amide bonds. The fraction of sp³-hybridized carbons (Fsp3) is 0.556. The monoisotopic (exact) mass is 548 g/mol. The molecule has 0 aromatic carbocycles. The van der Waals surface area contributed by atoms with E-state index in [1.54, 1.807) is 0 Å². The second-order valence-electron chi connectivity index (χ2n) is 5.41. The maximum absolute atomic E-state index is 14.1. The maximum Gasteiger partial charge on any atom is 0.490 e. The van der Waals surface area contributed by atoms with E-state index >= 15 is 0 Å². The molecule has 2 heterocycles. The zero-order chi connectivity index (χ0) is 22.2. The van der Waals surface area contributed by atoms with E-state index in [0.29, 0.717) is 0 Å². The van der Waals surface area contributed by atoms with E-state index in [-0.39, 0.29) is 4.47 Å². The summed E-state index contributed by atoms with van der Waals surface area (Å²) in [6.07, 6.45) is -3.96. The van der Waals surface area contributed by atoms with Crippen LogP contribution in [0.4, 0.5) is 4.39 Å². The van der Waals surface area contributed by atoms with Gasteiger partial charge in [0.05, 0.1) is 11.1 Å². The first-order valence-corrected chi connectivity index (χ1v) is 12.5. The van der Waals surface area contributed by atoms with Gasteiger partial charge in [-0.05, 0) is 15.9 Å². The van der Waals surface area contributed by atoms with E-state index in [1.807, 2.05) is 4.98 Å². The second-order valence-corrected chi connectivity index (χ2v) is 10.7. The summed E-state index contributed by atoms with van der Waals surface area (Å²) < 4.78 is 64.8. The van der Waals surface area contributed by atoms with Crippen molar-refractivity contribution in [3.63, 3.8) is 0 Å². The lowest BCUT2D eigenvalue weighted by molar-refractivity contribution is -0.0350. The summed E-state index contributed by atoms with van der Waals surface area (Å²) in [6, 6.07) is 0. The lowest BCUT2D eigenvalue weighted by Crippen LogP contribution is -2.32. The summed E-state index contributed by atoms with van der Waals surface area (Å²) in [5.74, 6) is 0. The average molecular weight is 549 g/mol. The van der Waals surface area contributed by atoms with Crippen molar-refractivity contribution in [1.82, 2.24) is 9.55 Å². The molecular formula is C9H13BrFN2O13P3. The van der Waals surface area contributed by atoms with Gasteiger partial charge in [0, 0.05) is 12.6 Å². The minimum atomic E-state index is -5.71. The van der Waals surface area contributed by atoms with Crippen LogP contribution < -0.4 is 11.2 Å². The highest BCUT2D eigenvalue weighted by molar-refractivity contribution is 9.10. The fourth-order valence-corrected chi connectivity index (χ4v) is 5.50. The first kappa shape index (κ1) is 24.7. The number of aromatic amines is 1. The topological polar surface area (TPSA) is 224 Å². The number of ether oxygens (including phenoxy) is 1. The van der Waals surface area contributed by atoms with Crippen LogP contribution in [0.2, 0.25) is 0 Å². The minimum Gasteiger partial charge on any atom is -0.349 e. The molecule has 0 bridgehead atoms. The Bertz CT molecular complexity index is 1020. The molecule has 15 nitrogen and oxygen atoms in total. The van der Waals surface area contributed by atoms with Gasteiger partial charge in [-0.1, -0.05) is 0 Å². The first-order valence-electron chi connectivity index (χ1n) is 7.17. The number of H-pyrrole nitrogens is 1. The molecule has 1 saturated heterocycles. The van der Waals surface area contributed by atoms with Gasteiger partial charge in [-0.3, -0.25) is 18.9 Å². The van der Waals surface area contributed by atoms with E-state index in [1.165, 1.54) is 0 Å². The van der Waals surface area contributed by atoms with Crippen LogP contribution in [0.1, 0.15) is 12.6 Å². The second kappa shape index (κ2) is 8.91. The lowest BCUT2D eigenvalue weighted by atomic mass is 10.2. The molecule has 0 radical (unpaired) electrons. The normalized spacial score (nSPS) is 26.8. The predicted octanol–water partition coefficient (Wildman–Crippen LogP) is 0.268. The molecule has 0 spiro atoms. The van der Waals surface area contributed by atoms with Gasteiger partial charge < -0.3 is 24.3 Å². The van der Waals surface area contributed by atoms with Crippen molar-refractivity contribution < 1.29 is 55.5 Å². The number of aromatic nitrogens is 2. The number of phosphoric acid groups is 3. The van der Waals surface area contributed by atoms with Gasteiger partial charge in [0.2, 0.25) is 0 Å². The van der Waals surface area contributed by atoms with Crippen molar-refractivity contribution in [2.24, 2.45) is 0 Å². The quantitative estimate of drug-likeness (QED) is 0.275. The Morgan fingerprint density at radius 2 is 1.83 bits per heavy atom. The number of nitrogens with zero attached hydrogens (tertiary/aromatic N) is 1. The van der Waals surface area contributed by atoms with Gasteiger partial charge in [0.15, 0.2) is 0 Å². The molecule has 2 rings (SSSR count). The van der Waals surface area contributed by atoms with Crippen LogP contribution in [0, 0.1) is 0 Å². The smallest absolute Gasteiger partial charge is 0.349 e. The average Bonchev–Trinajstić information content (AvgIpc) is 2.86. The standard InChI is InChI=1S/C9H13BrFN2O13P3/c10-4-2-13(9(15)12-8(4)14)7-1-5(11)6(24-7)3-23-28(19,20)26-29(21,22)25-27(16,17)18/h2,5-7H,1,3H2,(H,19,20)(H,21,22)(H,12,14,15)(H2,16,17,18)/t5-,6+,7+/m0/s1. The summed E-state index contributed by atoms with van der Waals surface area (Å²) in [7, 11) is -16.7. The van der Waals surface area contributed by atoms with E-state index in [0.717, 1.165) is 10.8 Å². The van der Waals surface area contributed by atoms with Crippen LogP contribution in [0.15, 0.2) is 20.3 Å². The summed E-state index contributed by atoms with van der Waals surface area (Å²) in [6.45, 7) is -1.01. The summed E-state index contributed by atoms with van der Waals surface area (Å²) in [5.41, 5.74) is -1.64. The first-order chi connectivity index (χ1) is 13.1. The van der Waals surface area contributed by atoms with Crippen LogP contribution >= 0.6 is 39.4 Å². The number of nitrogens with one attached hydrogen (secondary N) is 1. The number of hydrogen-bond acceptors (Lipinski definition) is 9. The van der Waals surface area contributed by atoms with Gasteiger partial charge in [-0.15, -0.1) is 0 Å². The molecule has 20 heteroatoms. The molecule has 1 aliphatic rings. The fourth-order valence-electron chi connectivity index (χ4n) is 2.16. The Kier molecular flexibility index (Phi) is 7.59. The van der Waals surface area contributed by atoms with Crippen molar-refractivity contribution in [2.75, 3.05) is 6.61 Å². The van der Waals surface area contributed by atoms with Crippen LogP contribution in [-0.2, 0) is 31.6 Å². The van der Waals surface area contributed by atoms with Gasteiger partial charge in [-0.25, -0.2) is 22.9 Å². The van der Waals surface area contributed by atoms with Crippen molar-refractivity contribution >= 4 is 39.4 Å². The molecule has 1 aromatic heterocycles. The Morgan fingerprint density at radius 1 is 1.21 bits per heavy atom. The molecule has 0 saturated carbocycles. The molecule has 29 heavy (non-hydrogen) atoms. The molecule has 1 fully saturated rings. The van der Waals surface area contributed by atoms with E-state index < -0.39 is 66.2 Å². The third kappa shape index (κ3) is 7.28. The van der Waals surface area contributed by atoms with Gasteiger partial charge in [0.25, 0.3) is 5.56 Å². The van der Waals surface area contributed by atoms with Crippen molar-refractivity contribution in [3.05, 3.63) is 31.5 Å². The minimum absolute atomic E-state index is 0.0483. The van der Waals surface area contributed by atoms with E-state index in [4.69, 9.17) is 19.4 Å². The number of phosphoric ester groups is 1. The van der Waals surface area contributed by atoms with Crippen LogP contribution in [-0.4, -0.2) is 48.0 Å². The highest BCUT2D eigenvalue weighted by Gasteiger charge is 2.43. The highest BCUT2D eigenvalue weighted by Crippen LogP contribution is 2.66. The van der Waals surface area contributed by atoms with Gasteiger partial charge in [-0.2, -0.15) is 8.62 Å². The molecule has 1 aromatic rings. The van der Waals surface area contributed by atoms with E-state index in [2.05, 4.69) is 29.1 Å². The molecule has 2 unspecified atom stereocenters. The Hall–Kier alpha value is -0.540. The lowest BCUT2D eigenvalue weighted by Gasteiger charge is -2.19. The van der Waals surface area contributed by atoms with Crippen molar-refractivity contribution in [1.29, 1.82) is 0 Å². The number of alkyl halides is 1. The molecule has 166 valence electrons. The van der Waals surface area contributed by atoms with Crippen molar-refractivity contribution in [3.8, 4) is 0 Å². The van der Waals surface area contributed by atoms with Gasteiger partial charge >= 0.3 is 29.2 Å². The number of halogens is 2. The highest BCUT2D eigenvalue weighted by atomic mass is 79.9. The third-order valence-electron chi connectivity index (χ3n) is 3.21. The zero-order valence-electron chi connectivity index (χ0n) is 13.7. The largest absolute Gasteiger partial charge is 0.490 e. The van der Waals surface area contributed by atoms with E-state index in [9.17, 15) is 32.6 Å². The molecule has 0 aliphatic carbocycles. The SMILES string of the molecule is O=c1[nH]c(=O)n([C@H]2C[C@H](F)[C@@H](COP(=O)(O)OP(=O)(O)OP(=O)(O)O)O2)cc1Br. The zero-order valence-corrected chi connectivity index (χ0v) is 18.0. The maximum atomic E-state index is 14.1. The summed E-state index contributed by atoms with van der Waals surface area (Å²) in [5, 5.41) is 0. The van der Waals surface area contributed by atoms with Crippen molar-refractivity contribution in [2.45, 2.75) is 24.9 Å².